The lowest BCUT2D eigenvalue weighted by Crippen LogP contribution is -2.62. The maximum atomic E-state index is 14.7. The molecule has 70 heavy (non-hydrogen) atoms. The predicted octanol–water partition coefficient (Wildman–Crippen LogP) is 15.8. The van der Waals surface area contributed by atoms with Gasteiger partial charge in [-0.15, -0.1) is 13.2 Å². The second-order valence-corrected chi connectivity index (χ2v) is 19.5. The number of nitrogens with zero attached hydrogens (tertiary/aromatic N) is 2. The summed E-state index contributed by atoms with van der Waals surface area (Å²) in [7, 11) is 0. The third-order valence-electron chi connectivity index (χ3n) is 14.3. The Balaban J connectivity index is 1.24. The van der Waals surface area contributed by atoms with Gasteiger partial charge in [-0.25, -0.2) is 0 Å². The maximum absolute atomic E-state index is 14.7. The standard InChI is InChI=1S/C63H52BF3N2O/c1-37-9-17-45(18-10-37)49-25-27-56(41(5)29-49)68-58-35-53(70-63(65,66)67)36-59-60(58)64(54-33-51(31-43(7)61(54)68)47-21-13-39(3)14-22-47)55-34-52(48-23-15-40(4)16-24-48)32-44(8)62(55)69(59)57-28-26-50(30-42(57)6)46-19-11-38(2)12-20-46/h9-36H,1-8H3. The quantitative estimate of drug-likeness (QED) is 0.148. The Hall–Kier alpha value is -7.77. The van der Waals surface area contributed by atoms with Gasteiger partial charge in [-0.05, 0) is 175 Å². The normalized spacial score (nSPS) is 12.7. The van der Waals surface area contributed by atoms with Crippen molar-refractivity contribution in [3.63, 3.8) is 0 Å². The summed E-state index contributed by atoms with van der Waals surface area (Å²) in [4.78, 5) is 4.40. The molecular weight excluding hydrogens is 869 g/mol. The third kappa shape index (κ3) is 7.93. The molecule has 2 heterocycles. The van der Waals surface area contributed by atoms with Crippen LogP contribution in [0.2, 0.25) is 0 Å². The molecule has 344 valence electrons. The number of aryl methyl sites for hydroxylation is 8. The van der Waals surface area contributed by atoms with Crippen molar-refractivity contribution in [2.75, 3.05) is 9.80 Å². The molecule has 0 amide bonds. The first-order chi connectivity index (χ1) is 33.6. The molecule has 0 saturated carbocycles. The van der Waals surface area contributed by atoms with E-state index in [1.54, 1.807) is 12.1 Å². The van der Waals surface area contributed by atoms with Gasteiger partial charge in [0.15, 0.2) is 0 Å². The van der Waals surface area contributed by atoms with E-state index in [1.165, 1.54) is 22.3 Å². The maximum Gasteiger partial charge on any atom is 0.573 e. The number of hydrogen-bond donors (Lipinski definition) is 0. The van der Waals surface area contributed by atoms with Gasteiger partial charge >= 0.3 is 6.36 Å². The average Bonchev–Trinajstić information content (AvgIpc) is 3.32. The molecule has 0 fully saturated rings. The van der Waals surface area contributed by atoms with Crippen molar-refractivity contribution >= 4 is 57.2 Å². The highest BCUT2D eigenvalue weighted by Crippen LogP contribution is 2.50. The highest BCUT2D eigenvalue weighted by molar-refractivity contribution is 7.00. The molecule has 9 aromatic carbocycles. The fourth-order valence-corrected chi connectivity index (χ4v) is 10.8. The summed E-state index contributed by atoms with van der Waals surface area (Å²) in [6.07, 6.45) is -4.94. The van der Waals surface area contributed by atoms with Crippen LogP contribution in [0.15, 0.2) is 170 Å². The monoisotopic (exact) mass is 920 g/mol. The Morgan fingerprint density at radius 1 is 0.343 bits per heavy atom. The van der Waals surface area contributed by atoms with Crippen LogP contribution in [0.4, 0.5) is 47.3 Å². The van der Waals surface area contributed by atoms with E-state index >= 15 is 0 Å². The Morgan fingerprint density at radius 3 is 0.986 bits per heavy atom. The summed E-state index contributed by atoms with van der Waals surface area (Å²) in [5, 5.41) is 0. The summed E-state index contributed by atoms with van der Waals surface area (Å²) in [5.74, 6) is -0.285. The summed E-state index contributed by atoms with van der Waals surface area (Å²) < 4.78 is 49.3. The van der Waals surface area contributed by atoms with Gasteiger partial charge in [-0.1, -0.05) is 144 Å². The van der Waals surface area contributed by atoms with E-state index in [-0.39, 0.29) is 12.5 Å². The Labute approximate surface area is 409 Å². The van der Waals surface area contributed by atoms with E-state index in [0.717, 1.165) is 106 Å². The van der Waals surface area contributed by atoms with Gasteiger partial charge in [-0.2, -0.15) is 0 Å². The van der Waals surface area contributed by atoms with E-state index < -0.39 is 6.36 Å². The lowest BCUT2D eigenvalue weighted by molar-refractivity contribution is -0.274. The molecule has 0 aliphatic carbocycles. The molecule has 0 bridgehead atoms. The van der Waals surface area contributed by atoms with E-state index in [0.29, 0.717) is 11.4 Å². The van der Waals surface area contributed by atoms with Crippen molar-refractivity contribution < 1.29 is 17.9 Å². The number of fused-ring (bicyclic) bond motifs is 4. The molecule has 0 radical (unpaired) electrons. The van der Waals surface area contributed by atoms with E-state index in [2.05, 4.69) is 223 Å². The lowest BCUT2D eigenvalue weighted by Gasteiger charge is -2.46. The first kappa shape index (κ1) is 44.7. The zero-order valence-electron chi connectivity index (χ0n) is 40.7. The van der Waals surface area contributed by atoms with E-state index in [9.17, 15) is 13.2 Å². The van der Waals surface area contributed by atoms with Crippen molar-refractivity contribution in [3.8, 4) is 50.3 Å². The average molecular weight is 921 g/mol. The highest BCUT2D eigenvalue weighted by atomic mass is 19.4. The predicted molar refractivity (Wildman–Crippen MR) is 287 cm³/mol. The van der Waals surface area contributed by atoms with Gasteiger partial charge in [0, 0.05) is 46.3 Å². The fraction of sp³-hybridized carbons (Fsp3) is 0.143. The topological polar surface area (TPSA) is 15.7 Å². The molecule has 0 atom stereocenters. The van der Waals surface area contributed by atoms with Gasteiger partial charge in [0.05, 0.1) is 0 Å². The first-order valence-corrected chi connectivity index (χ1v) is 23.9. The van der Waals surface area contributed by atoms with Crippen molar-refractivity contribution in [1.29, 1.82) is 0 Å². The molecule has 0 saturated heterocycles. The molecule has 9 aromatic rings. The van der Waals surface area contributed by atoms with Gasteiger partial charge in [0.25, 0.3) is 6.71 Å². The van der Waals surface area contributed by atoms with Crippen LogP contribution in [-0.2, 0) is 0 Å². The first-order valence-electron chi connectivity index (χ1n) is 23.9. The minimum absolute atomic E-state index is 0.285. The zero-order chi connectivity index (χ0) is 48.7. The molecule has 0 spiro atoms. The van der Waals surface area contributed by atoms with Crippen LogP contribution in [-0.4, -0.2) is 13.1 Å². The largest absolute Gasteiger partial charge is 0.573 e. The number of anilines is 6. The van der Waals surface area contributed by atoms with Crippen LogP contribution in [0.3, 0.4) is 0 Å². The third-order valence-corrected chi connectivity index (χ3v) is 14.3. The van der Waals surface area contributed by atoms with Crippen molar-refractivity contribution in [2.24, 2.45) is 0 Å². The molecule has 11 rings (SSSR count). The number of ether oxygens (including phenoxy) is 1. The number of alkyl halides is 3. The number of halogens is 3. The summed E-state index contributed by atoms with van der Waals surface area (Å²) in [6, 6.07) is 59.4. The molecule has 2 aliphatic heterocycles. The van der Waals surface area contributed by atoms with Crippen LogP contribution in [0, 0.1) is 55.4 Å². The van der Waals surface area contributed by atoms with Crippen LogP contribution in [0.5, 0.6) is 5.75 Å². The minimum Gasteiger partial charge on any atom is -0.406 e. The number of benzene rings is 9. The number of hydrogen-bond acceptors (Lipinski definition) is 3. The molecule has 2 aliphatic rings. The minimum atomic E-state index is -4.94. The summed E-state index contributed by atoms with van der Waals surface area (Å²) >= 11 is 0. The molecular formula is C63H52BF3N2O. The van der Waals surface area contributed by atoms with Crippen molar-refractivity contribution in [2.45, 2.75) is 61.8 Å². The number of rotatable bonds is 7. The Morgan fingerprint density at radius 2 is 0.657 bits per heavy atom. The molecule has 3 nitrogen and oxygen atoms in total. The second kappa shape index (κ2) is 17.0. The van der Waals surface area contributed by atoms with Crippen LogP contribution in [0.25, 0.3) is 44.5 Å². The second-order valence-electron chi connectivity index (χ2n) is 19.5. The van der Waals surface area contributed by atoms with Crippen molar-refractivity contribution in [1.82, 2.24) is 0 Å². The highest BCUT2D eigenvalue weighted by Gasteiger charge is 2.46. The smallest absolute Gasteiger partial charge is 0.406 e. The van der Waals surface area contributed by atoms with Crippen LogP contribution in [0.1, 0.15) is 44.5 Å². The van der Waals surface area contributed by atoms with Crippen molar-refractivity contribution in [3.05, 3.63) is 214 Å². The van der Waals surface area contributed by atoms with Gasteiger partial charge in [-0.3, -0.25) is 0 Å². The SMILES string of the molecule is Cc1ccc(-c2ccc(N3c4cc(OC(F)(F)F)cc5c4B(c4cc(-c6ccc(C)cc6)cc(C)c43)c3cc(-c4ccc(C)cc4)cc(C)c3N5c3ccc(-c4ccc(C)cc4)cc3C)c(C)c2)cc1. The van der Waals surface area contributed by atoms with Gasteiger partial charge in [0.1, 0.15) is 5.75 Å². The van der Waals surface area contributed by atoms with E-state index in [4.69, 9.17) is 4.74 Å². The molecule has 0 aromatic heterocycles. The summed E-state index contributed by atoms with van der Waals surface area (Å²) in [6.45, 7) is 16.4. The lowest BCUT2D eigenvalue weighted by atomic mass is 9.33. The molecule has 0 unspecified atom stereocenters. The Bertz CT molecular complexity index is 3300. The fourth-order valence-electron chi connectivity index (χ4n) is 10.8. The summed E-state index contributed by atoms with van der Waals surface area (Å²) in [5.41, 5.74) is 25.2. The van der Waals surface area contributed by atoms with Crippen LogP contribution >= 0.6 is 0 Å². The van der Waals surface area contributed by atoms with Crippen LogP contribution < -0.4 is 30.9 Å². The van der Waals surface area contributed by atoms with Gasteiger partial charge in [0.2, 0.25) is 0 Å². The Kier molecular flexibility index (Phi) is 10.9. The molecule has 7 heteroatoms. The van der Waals surface area contributed by atoms with Gasteiger partial charge < -0.3 is 14.5 Å². The zero-order valence-corrected chi connectivity index (χ0v) is 40.7. The van der Waals surface area contributed by atoms with E-state index in [1.807, 2.05) is 0 Å². The molecule has 0 N–H and O–H groups in total.